The summed E-state index contributed by atoms with van der Waals surface area (Å²) in [5.41, 5.74) is 0.765. The number of aromatic nitrogens is 2. The van der Waals surface area contributed by atoms with Gasteiger partial charge in [0.1, 0.15) is 0 Å². The van der Waals surface area contributed by atoms with E-state index in [4.69, 9.17) is 0 Å². The lowest BCUT2D eigenvalue weighted by Gasteiger charge is -2.38. The van der Waals surface area contributed by atoms with E-state index in [0.717, 1.165) is 12.1 Å². The van der Waals surface area contributed by atoms with Gasteiger partial charge in [-0.2, -0.15) is 31.4 Å². The van der Waals surface area contributed by atoms with Gasteiger partial charge >= 0.3 is 35.4 Å². The van der Waals surface area contributed by atoms with Gasteiger partial charge in [-0.05, 0) is 43.4 Å². The van der Waals surface area contributed by atoms with Gasteiger partial charge in [-0.3, -0.25) is 14.3 Å². The van der Waals surface area contributed by atoms with E-state index in [9.17, 15) is 45.5 Å². The summed E-state index contributed by atoms with van der Waals surface area (Å²) in [6, 6.07) is 1.36. The minimum atomic E-state index is -4.66. The Morgan fingerprint density at radius 3 is 2.06 bits per heavy atom. The maximum Gasteiger partial charge on any atom is 0.422 e. The molecule has 0 N–H and O–H groups in total. The molecular weight excluding hydrogens is 516 g/mol. The van der Waals surface area contributed by atoms with E-state index in [1.54, 1.807) is 16.9 Å². The average molecular weight is 538 g/mol. The lowest BCUT2D eigenvalue weighted by atomic mass is 9.92. The zero-order valence-corrected chi connectivity index (χ0v) is 19.2. The van der Waals surface area contributed by atoms with Gasteiger partial charge < -0.3 is 14.4 Å². The molecule has 35 heavy (non-hydrogen) atoms. The van der Waals surface area contributed by atoms with Crippen molar-refractivity contribution in [1.29, 1.82) is 0 Å². The largest absolute Gasteiger partial charge is 0.449 e. The highest BCUT2D eigenvalue weighted by molar-refractivity contribution is 6.80. The Hall–Kier alpha value is -2.84. The number of carbonyl (C=O) groups is 4. The fraction of sp³-hybridized carbons (Fsp3) is 0.632. The van der Waals surface area contributed by atoms with Crippen LogP contribution in [0, 0.1) is 5.92 Å². The third kappa shape index (κ3) is 10.5. The fourth-order valence-electron chi connectivity index (χ4n) is 3.11. The first-order chi connectivity index (χ1) is 16.1. The molecule has 0 bridgehead atoms. The van der Waals surface area contributed by atoms with Crippen LogP contribution in [0.25, 0.3) is 0 Å². The molecule has 0 unspecified atom stereocenters. The van der Waals surface area contributed by atoms with E-state index in [1.165, 1.54) is 4.90 Å². The van der Waals surface area contributed by atoms with Crippen LogP contribution >= 0.6 is 11.6 Å². The normalized spacial score (nSPS) is 18.3. The van der Waals surface area contributed by atoms with Gasteiger partial charge in [-0.1, -0.05) is 6.92 Å². The lowest BCUT2D eigenvalue weighted by Crippen LogP contribution is -2.46. The van der Waals surface area contributed by atoms with Crippen molar-refractivity contribution < 1.29 is 55.0 Å². The fourth-order valence-corrected chi connectivity index (χ4v) is 3.16. The molecule has 1 aromatic heterocycles. The number of esters is 2. The van der Waals surface area contributed by atoms with Crippen LogP contribution in [-0.4, -0.2) is 69.9 Å². The van der Waals surface area contributed by atoms with Gasteiger partial charge in [0.25, 0.3) is 0 Å². The Morgan fingerprint density at radius 2 is 1.57 bits per heavy atom. The summed E-state index contributed by atoms with van der Waals surface area (Å²) in [6.45, 7) is 1.14. The number of hydrogen-bond acceptors (Lipinski definition) is 7. The first kappa shape index (κ1) is 30.2. The Morgan fingerprint density at radius 1 is 1.03 bits per heavy atom. The van der Waals surface area contributed by atoms with E-state index < -0.39 is 54.7 Å². The minimum absolute atomic E-state index is 0.151. The highest BCUT2D eigenvalue weighted by Gasteiger charge is 2.38. The molecule has 1 amide bonds. The lowest BCUT2D eigenvalue weighted by molar-refractivity contribution is -0.190. The van der Waals surface area contributed by atoms with Gasteiger partial charge in [-0.15, -0.1) is 0 Å². The average Bonchev–Trinajstić information content (AvgIpc) is 3.23. The Bertz CT molecular complexity index is 904. The second-order valence-corrected chi connectivity index (χ2v) is 7.73. The summed E-state index contributed by atoms with van der Waals surface area (Å²) >= 11 is 4.48. The van der Waals surface area contributed by atoms with Crippen LogP contribution in [0.15, 0.2) is 12.3 Å². The Balaban J connectivity index is 0.000000471. The molecule has 2 atom stereocenters. The number of nitrogens with zero attached hydrogens (tertiary/aromatic N) is 3. The van der Waals surface area contributed by atoms with Crippen molar-refractivity contribution in [3.05, 3.63) is 18.0 Å². The van der Waals surface area contributed by atoms with E-state index in [-0.39, 0.29) is 5.92 Å². The molecule has 0 aliphatic carbocycles. The molecule has 1 fully saturated rings. The summed E-state index contributed by atoms with van der Waals surface area (Å²) in [5, 5.41) is 2.58. The molecule has 2 heterocycles. The van der Waals surface area contributed by atoms with Crippen LogP contribution in [0.4, 0.5) is 26.3 Å². The quantitative estimate of drug-likeness (QED) is 0.246. The molecule has 0 radical (unpaired) electrons. The standard InChI is InChI=1S/C15H20F3N3O3.C4H2ClF3O3/c1-3-21-12(6-7-19-21)11-5-4-10(2)8-20(11)13(22)14(23)24-9-15(16,17)18;5-2(9)3(10)11-1-4(6,7)8/h6-7,10-11H,3-5,8-9H2,1-2H3;1H2/t10-,11-;/m0./s1. The van der Waals surface area contributed by atoms with Gasteiger partial charge in [0, 0.05) is 19.3 Å². The van der Waals surface area contributed by atoms with Crippen LogP contribution in [0.5, 0.6) is 0 Å². The SMILES string of the molecule is CCn1nccc1[C@@H]1CC[C@H](C)CN1C(=O)C(=O)OCC(F)(F)F.O=C(Cl)C(=O)OCC(F)(F)F. The van der Waals surface area contributed by atoms with Gasteiger partial charge in [0.15, 0.2) is 13.2 Å². The van der Waals surface area contributed by atoms with Crippen molar-refractivity contribution in [2.24, 2.45) is 5.92 Å². The van der Waals surface area contributed by atoms with Crippen molar-refractivity contribution in [2.45, 2.75) is 51.6 Å². The molecule has 1 aliphatic rings. The monoisotopic (exact) mass is 537 g/mol. The predicted octanol–water partition coefficient (Wildman–Crippen LogP) is 3.17. The predicted molar refractivity (Wildman–Crippen MR) is 106 cm³/mol. The summed E-state index contributed by atoms with van der Waals surface area (Å²) in [5.74, 6) is -4.07. The van der Waals surface area contributed by atoms with Gasteiger partial charge in [-0.25, -0.2) is 9.59 Å². The summed E-state index contributed by atoms with van der Waals surface area (Å²) in [7, 11) is 0. The number of ether oxygens (including phenoxy) is 2. The maximum atomic E-state index is 12.3. The van der Waals surface area contributed by atoms with Crippen molar-refractivity contribution in [1.82, 2.24) is 14.7 Å². The molecular formula is C19H22ClF6N3O6. The summed E-state index contributed by atoms with van der Waals surface area (Å²) < 4.78 is 79.5. The number of rotatable bonds is 5. The van der Waals surface area contributed by atoms with Crippen molar-refractivity contribution >= 4 is 34.7 Å². The van der Waals surface area contributed by atoms with Crippen LogP contribution in [-0.2, 0) is 35.2 Å². The highest BCUT2D eigenvalue weighted by atomic mass is 35.5. The number of halogens is 7. The van der Waals surface area contributed by atoms with Crippen molar-refractivity contribution in [3.63, 3.8) is 0 Å². The molecule has 0 aromatic carbocycles. The Kier molecular flexibility index (Phi) is 11.0. The third-order valence-corrected chi connectivity index (χ3v) is 4.69. The van der Waals surface area contributed by atoms with Gasteiger partial charge in [0.05, 0.1) is 11.7 Å². The zero-order chi connectivity index (χ0) is 27.0. The van der Waals surface area contributed by atoms with Gasteiger partial charge in [0.2, 0.25) is 0 Å². The first-order valence-electron chi connectivity index (χ1n) is 10.0. The van der Waals surface area contributed by atoms with E-state index in [0.29, 0.717) is 19.5 Å². The van der Waals surface area contributed by atoms with Crippen LogP contribution in [0.1, 0.15) is 38.4 Å². The molecule has 1 aromatic rings. The molecule has 198 valence electrons. The molecule has 0 spiro atoms. The maximum absolute atomic E-state index is 12.3. The number of likely N-dealkylation sites (tertiary alicyclic amines) is 1. The molecule has 9 nitrogen and oxygen atoms in total. The number of alkyl halides is 6. The van der Waals surface area contributed by atoms with Crippen LogP contribution in [0.3, 0.4) is 0 Å². The van der Waals surface area contributed by atoms with Crippen LogP contribution < -0.4 is 0 Å². The molecule has 0 saturated carbocycles. The highest BCUT2D eigenvalue weighted by Crippen LogP contribution is 2.33. The minimum Gasteiger partial charge on any atom is -0.449 e. The zero-order valence-electron chi connectivity index (χ0n) is 18.5. The second-order valence-electron chi connectivity index (χ2n) is 7.38. The number of aryl methyl sites for hydroxylation is 1. The second kappa shape index (κ2) is 12.7. The van der Waals surface area contributed by atoms with Crippen LogP contribution in [0.2, 0.25) is 0 Å². The molecule has 2 rings (SSSR count). The van der Waals surface area contributed by atoms with E-state index >= 15 is 0 Å². The first-order valence-corrected chi connectivity index (χ1v) is 10.4. The summed E-state index contributed by atoms with van der Waals surface area (Å²) in [6.07, 6.45) is -6.24. The van der Waals surface area contributed by atoms with E-state index in [2.05, 4.69) is 26.2 Å². The number of piperidine rings is 1. The van der Waals surface area contributed by atoms with Crippen molar-refractivity contribution in [2.75, 3.05) is 19.8 Å². The topological polar surface area (TPSA) is 108 Å². The molecule has 16 heteroatoms. The Labute approximate surface area is 200 Å². The third-order valence-electron chi connectivity index (χ3n) is 4.54. The van der Waals surface area contributed by atoms with E-state index in [1.807, 2.05) is 13.8 Å². The smallest absolute Gasteiger partial charge is 0.422 e. The summed E-state index contributed by atoms with van der Waals surface area (Å²) in [4.78, 5) is 45.1. The number of hydrogen-bond donors (Lipinski definition) is 0. The molecule has 1 aliphatic heterocycles. The van der Waals surface area contributed by atoms with Crippen molar-refractivity contribution in [3.8, 4) is 0 Å². The molecule has 1 saturated heterocycles. The number of amides is 1. The number of carbonyl (C=O) groups excluding carboxylic acids is 4.